The molecule has 3 aromatic rings. The van der Waals surface area contributed by atoms with Crippen molar-refractivity contribution in [2.24, 2.45) is 0 Å². The van der Waals surface area contributed by atoms with Crippen LogP contribution in [0.2, 0.25) is 0 Å². The molecular formula is C21H24N2O4S2. The average molecular weight is 433 g/mol. The summed E-state index contributed by atoms with van der Waals surface area (Å²) in [5, 5.41) is 8.43. The van der Waals surface area contributed by atoms with Crippen LogP contribution in [-0.4, -0.2) is 37.2 Å². The maximum absolute atomic E-state index is 12.5. The first-order valence-corrected chi connectivity index (χ1v) is 11.8. The lowest BCUT2D eigenvalue weighted by Crippen LogP contribution is -2.10. The van der Waals surface area contributed by atoms with Crippen LogP contribution in [0.1, 0.15) is 26.3 Å². The van der Waals surface area contributed by atoms with Crippen molar-refractivity contribution in [1.29, 1.82) is 0 Å². The number of rotatable bonds is 7. The third kappa shape index (κ3) is 5.39. The Morgan fingerprint density at radius 2 is 1.79 bits per heavy atom. The molecule has 1 heterocycles. The van der Waals surface area contributed by atoms with E-state index < -0.39 is 9.84 Å². The Hall–Kier alpha value is -2.32. The van der Waals surface area contributed by atoms with E-state index in [0.29, 0.717) is 22.6 Å². The summed E-state index contributed by atoms with van der Waals surface area (Å²) in [6, 6.07) is 14.5. The number of aromatic nitrogens is 2. The van der Waals surface area contributed by atoms with Gasteiger partial charge >= 0.3 is 0 Å². The number of methoxy groups -OCH3 is 1. The molecule has 0 bridgehead atoms. The molecule has 3 rings (SSSR count). The van der Waals surface area contributed by atoms with Gasteiger partial charge in [0.05, 0.1) is 17.8 Å². The van der Waals surface area contributed by atoms with E-state index in [-0.39, 0.29) is 16.1 Å². The molecule has 1 aromatic heterocycles. The fourth-order valence-electron chi connectivity index (χ4n) is 2.65. The molecule has 0 saturated carbocycles. The number of hydrogen-bond donors (Lipinski definition) is 0. The van der Waals surface area contributed by atoms with Gasteiger partial charge in [-0.05, 0) is 41.3 Å². The molecule has 0 saturated heterocycles. The summed E-state index contributed by atoms with van der Waals surface area (Å²) in [7, 11) is -1.91. The maximum atomic E-state index is 12.5. The summed E-state index contributed by atoms with van der Waals surface area (Å²) in [5.41, 5.74) is 2.13. The van der Waals surface area contributed by atoms with Crippen molar-refractivity contribution >= 4 is 21.6 Å². The number of nitrogens with zero attached hydrogens (tertiary/aromatic N) is 2. The van der Waals surface area contributed by atoms with E-state index in [0.717, 1.165) is 5.56 Å². The van der Waals surface area contributed by atoms with Crippen molar-refractivity contribution in [2.75, 3.05) is 18.6 Å². The maximum Gasteiger partial charge on any atom is 0.276 e. The Bertz CT molecular complexity index is 1070. The molecule has 0 amide bonds. The smallest absolute Gasteiger partial charge is 0.276 e. The van der Waals surface area contributed by atoms with Gasteiger partial charge in [0.15, 0.2) is 9.84 Å². The average Bonchev–Trinajstić information content (AvgIpc) is 3.16. The summed E-state index contributed by atoms with van der Waals surface area (Å²) in [6.45, 7) is 6.47. The van der Waals surface area contributed by atoms with Crippen molar-refractivity contribution < 1.29 is 17.6 Å². The summed E-state index contributed by atoms with van der Waals surface area (Å²) in [5.74, 6) is 1.20. The van der Waals surface area contributed by atoms with Crippen LogP contribution in [0, 0.1) is 0 Å². The SMILES string of the molecule is COc1cccc(S(=O)(=O)CCSc2nnc(-c3ccc(C(C)(C)C)cc3)o2)c1. The molecule has 154 valence electrons. The molecule has 0 radical (unpaired) electrons. The molecule has 0 aliphatic heterocycles. The van der Waals surface area contributed by atoms with Crippen molar-refractivity contribution in [3.05, 3.63) is 54.1 Å². The quantitative estimate of drug-likeness (QED) is 0.504. The van der Waals surface area contributed by atoms with Gasteiger partial charge in [0.1, 0.15) is 5.75 Å². The van der Waals surface area contributed by atoms with Crippen LogP contribution in [0.4, 0.5) is 0 Å². The van der Waals surface area contributed by atoms with Gasteiger partial charge in [-0.25, -0.2) is 8.42 Å². The molecule has 0 N–H and O–H groups in total. The van der Waals surface area contributed by atoms with Crippen LogP contribution in [0.5, 0.6) is 5.75 Å². The summed E-state index contributed by atoms with van der Waals surface area (Å²) < 4.78 is 35.8. The monoisotopic (exact) mass is 432 g/mol. The molecule has 0 aliphatic rings. The van der Waals surface area contributed by atoms with Gasteiger partial charge in [-0.2, -0.15) is 0 Å². The number of ether oxygens (including phenoxy) is 1. The molecular weight excluding hydrogens is 408 g/mol. The first kappa shape index (κ1) is 21.4. The molecule has 0 spiro atoms. The zero-order valence-corrected chi connectivity index (χ0v) is 18.5. The third-order valence-electron chi connectivity index (χ3n) is 4.38. The molecule has 8 heteroatoms. The molecule has 2 aromatic carbocycles. The van der Waals surface area contributed by atoms with Crippen molar-refractivity contribution in [1.82, 2.24) is 10.2 Å². The van der Waals surface area contributed by atoms with Gasteiger partial charge in [0.2, 0.25) is 5.89 Å². The van der Waals surface area contributed by atoms with Crippen LogP contribution < -0.4 is 4.74 Å². The van der Waals surface area contributed by atoms with E-state index >= 15 is 0 Å². The van der Waals surface area contributed by atoms with Crippen molar-refractivity contribution in [3.63, 3.8) is 0 Å². The van der Waals surface area contributed by atoms with Crippen LogP contribution in [0.25, 0.3) is 11.5 Å². The zero-order chi connectivity index (χ0) is 21.1. The predicted octanol–water partition coefficient (Wildman–Crippen LogP) is 4.61. The van der Waals surface area contributed by atoms with E-state index in [9.17, 15) is 8.42 Å². The van der Waals surface area contributed by atoms with Crippen molar-refractivity contribution in [3.8, 4) is 17.2 Å². The second kappa shape index (κ2) is 8.59. The number of thioether (sulfide) groups is 1. The Labute approximate surface area is 175 Å². The van der Waals surface area contributed by atoms with Crippen LogP contribution >= 0.6 is 11.8 Å². The Morgan fingerprint density at radius 3 is 2.45 bits per heavy atom. The van der Waals surface area contributed by atoms with E-state index in [2.05, 4.69) is 31.0 Å². The van der Waals surface area contributed by atoms with Crippen molar-refractivity contribution in [2.45, 2.75) is 36.3 Å². The number of benzene rings is 2. The first-order valence-electron chi connectivity index (χ1n) is 9.13. The normalized spacial score (nSPS) is 12.1. The van der Waals surface area contributed by atoms with Gasteiger partial charge in [-0.15, -0.1) is 10.2 Å². The fraction of sp³-hybridized carbons (Fsp3) is 0.333. The highest BCUT2D eigenvalue weighted by atomic mass is 32.2. The van der Waals surface area contributed by atoms with Gasteiger partial charge < -0.3 is 9.15 Å². The van der Waals surface area contributed by atoms with Gasteiger partial charge in [0, 0.05) is 11.3 Å². The van der Waals surface area contributed by atoms with E-state index in [4.69, 9.17) is 9.15 Å². The number of hydrogen-bond acceptors (Lipinski definition) is 7. The van der Waals surface area contributed by atoms with Gasteiger partial charge in [-0.1, -0.05) is 50.7 Å². The summed E-state index contributed by atoms with van der Waals surface area (Å²) >= 11 is 1.22. The molecule has 0 atom stereocenters. The predicted molar refractivity (Wildman–Crippen MR) is 114 cm³/mol. The van der Waals surface area contributed by atoms with E-state index in [1.165, 1.54) is 30.5 Å². The molecule has 0 fully saturated rings. The van der Waals surface area contributed by atoms with E-state index in [1.807, 2.05) is 24.3 Å². The van der Waals surface area contributed by atoms with Crippen LogP contribution in [-0.2, 0) is 15.3 Å². The first-order chi connectivity index (χ1) is 13.7. The Morgan fingerprint density at radius 1 is 1.07 bits per heavy atom. The van der Waals surface area contributed by atoms with Crippen LogP contribution in [0.3, 0.4) is 0 Å². The third-order valence-corrected chi connectivity index (χ3v) is 7.17. The topological polar surface area (TPSA) is 82.3 Å². The van der Waals surface area contributed by atoms with Gasteiger partial charge in [-0.3, -0.25) is 0 Å². The summed E-state index contributed by atoms with van der Waals surface area (Å²) in [6.07, 6.45) is 0. The Balaban J connectivity index is 1.62. The molecule has 0 unspecified atom stereocenters. The lowest BCUT2D eigenvalue weighted by molar-refractivity contribution is 0.413. The Kier molecular flexibility index (Phi) is 6.33. The fourth-order valence-corrected chi connectivity index (χ4v) is 5.09. The highest BCUT2D eigenvalue weighted by Gasteiger charge is 2.17. The minimum Gasteiger partial charge on any atom is -0.497 e. The van der Waals surface area contributed by atoms with Crippen LogP contribution in [0.15, 0.2) is 63.1 Å². The minimum atomic E-state index is -3.42. The largest absolute Gasteiger partial charge is 0.497 e. The van der Waals surface area contributed by atoms with E-state index in [1.54, 1.807) is 18.2 Å². The highest BCUT2D eigenvalue weighted by Crippen LogP contribution is 2.27. The zero-order valence-electron chi connectivity index (χ0n) is 16.9. The minimum absolute atomic E-state index is 0.0389. The molecule has 6 nitrogen and oxygen atoms in total. The molecule has 0 aliphatic carbocycles. The second-order valence-electron chi connectivity index (χ2n) is 7.55. The van der Waals surface area contributed by atoms with Gasteiger partial charge in [0.25, 0.3) is 5.22 Å². The lowest BCUT2D eigenvalue weighted by atomic mass is 9.87. The lowest BCUT2D eigenvalue weighted by Gasteiger charge is -2.18. The second-order valence-corrected chi connectivity index (χ2v) is 10.7. The standard InChI is InChI=1S/C21H24N2O4S2/c1-21(2,3)16-10-8-15(9-11-16)19-22-23-20(27-19)28-12-13-29(24,25)18-7-5-6-17(14-18)26-4/h5-11,14H,12-13H2,1-4H3. The highest BCUT2D eigenvalue weighted by molar-refractivity contribution is 8.00. The molecule has 29 heavy (non-hydrogen) atoms. The number of sulfone groups is 1. The summed E-state index contributed by atoms with van der Waals surface area (Å²) in [4.78, 5) is 0.239.